The van der Waals surface area contributed by atoms with E-state index in [0.29, 0.717) is 18.0 Å². The van der Waals surface area contributed by atoms with E-state index in [-0.39, 0.29) is 11.4 Å². The minimum Gasteiger partial charge on any atom is -0.497 e. The largest absolute Gasteiger partial charge is 0.497 e. The fourth-order valence-corrected chi connectivity index (χ4v) is 3.19. The first kappa shape index (κ1) is 21.7. The van der Waals surface area contributed by atoms with Crippen molar-refractivity contribution in [1.29, 1.82) is 0 Å². The molecule has 2 rings (SSSR count). The molecule has 0 saturated heterocycles. The van der Waals surface area contributed by atoms with Gasteiger partial charge in [-0.1, -0.05) is 6.07 Å². The Morgan fingerprint density at radius 2 is 1.96 bits per heavy atom. The number of hydrogen-bond acceptors (Lipinski definition) is 4. The fraction of sp³-hybridized carbons (Fsp3) is 0.450. The quantitative estimate of drug-likeness (QED) is 0.526. The molecule has 0 fully saturated rings. The maximum atomic E-state index is 12.2. The Labute approximate surface area is 171 Å². The molecule has 0 spiro atoms. The van der Waals surface area contributed by atoms with Crippen molar-refractivity contribution in [3.8, 4) is 11.4 Å². The molecule has 2 aromatic rings. The molecule has 0 radical (unpaired) electrons. The summed E-state index contributed by atoms with van der Waals surface area (Å²) in [7, 11) is 1.64. The number of amides is 1. The second-order valence-electron chi connectivity index (χ2n) is 7.64. The highest BCUT2D eigenvalue weighted by Crippen LogP contribution is 2.22. The minimum atomic E-state index is -0.169. The number of ether oxygens (including phenoxy) is 1. The number of aryl methyl sites for hydroxylation is 1. The van der Waals surface area contributed by atoms with Crippen LogP contribution in [0.2, 0.25) is 0 Å². The van der Waals surface area contributed by atoms with Crippen molar-refractivity contribution in [2.75, 3.05) is 7.11 Å². The summed E-state index contributed by atoms with van der Waals surface area (Å²) in [5.41, 5.74) is 9.11. The zero-order valence-corrected chi connectivity index (χ0v) is 18.2. The van der Waals surface area contributed by atoms with Crippen LogP contribution in [-0.4, -0.2) is 33.4 Å². The smallest absolute Gasteiger partial charge is 0.238 e. The van der Waals surface area contributed by atoms with E-state index >= 15 is 0 Å². The van der Waals surface area contributed by atoms with E-state index in [4.69, 9.17) is 17.0 Å². The normalized spacial score (nSPS) is 11.1. The number of hydrazine groups is 1. The lowest BCUT2D eigenvalue weighted by molar-refractivity contribution is -0.121. The Kier molecular flexibility index (Phi) is 7.01. The van der Waals surface area contributed by atoms with Crippen molar-refractivity contribution in [1.82, 2.24) is 25.9 Å². The molecule has 0 atom stereocenters. The molecule has 1 amide bonds. The van der Waals surface area contributed by atoms with Crippen LogP contribution in [0.1, 0.15) is 44.1 Å². The van der Waals surface area contributed by atoms with Gasteiger partial charge in [0.05, 0.1) is 18.5 Å². The summed E-state index contributed by atoms with van der Waals surface area (Å²) < 4.78 is 7.17. The fourth-order valence-electron chi connectivity index (χ4n) is 2.83. The van der Waals surface area contributed by atoms with E-state index in [1.54, 1.807) is 7.11 Å². The molecule has 1 aromatic heterocycles. The van der Waals surface area contributed by atoms with Gasteiger partial charge in [0.1, 0.15) is 5.75 Å². The van der Waals surface area contributed by atoms with Gasteiger partial charge < -0.3 is 10.1 Å². The van der Waals surface area contributed by atoms with Gasteiger partial charge >= 0.3 is 0 Å². The van der Waals surface area contributed by atoms with E-state index in [9.17, 15) is 4.79 Å². The molecule has 1 heterocycles. The highest BCUT2D eigenvalue weighted by Gasteiger charge is 2.15. The van der Waals surface area contributed by atoms with Crippen LogP contribution in [0.25, 0.3) is 5.69 Å². The van der Waals surface area contributed by atoms with Gasteiger partial charge in [-0.15, -0.1) is 0 Å². The van der Waals surface area contributed by atoms with E-state index in [1.165, 1.54) is 0 Å². The lowest BCUT2D eigenvalue weighted by atomic mass is 10.1. The zero-order valence-electron chi connectivity index (χ0n) is 17.3. The van der Waals surface area contributed by atoms with Crippen LogP contribution in [0.15, 0.2) is 24.3 Å². The van der Waals surface area contributed by atoms with Crippen molar-refractivity contribution in [3.05, 3.63) is 41.2 Å². The second-order valence-corrected chi connectivity index (χ2v) is 8.05. The highest BCUT2D eigenvalue weighted by molar-refractivity contribution is 7.80. The van der Waals surface area contributed by atoms with Gasteiger partial charge in [-0.05, 0) is 71.0 Å². The van der Waals surface area contributed by atoms with Crippen LogP contribution in [0.5, 0.6) is 5.75 Å². The van der Waals surface area contributed by atoms with E-state index < -0.39 is 0 Å². The molecule has 7 nitrogen and oxygen atoms in total. The van der Waals surface area contributed by atoms with E-state index in [1.807, 2.05) is 63.6 Å². The Balaban J connectivity index is 1.98. The lowest BCUT2D eigenvalue weighted by Crippen LogP contribution is -2.52. The third-order valence-electron chi connectivity index (χ3n) is 4.15. The molecule has 0 aliphatic rings. The standard InChI is InChI=1S/C20H29N5O2S/c1-13-17(10-11-18(26)22-23-19(28)21-20(3,4)5)14(2)25(24-13)15-8-7-9-16(12-15)27-6/h7-9,12H,10-11H2,1-6H3,(H,22,26)(H2,21,23,28). The van der Waals surface area contributed by atoms with Gasteiger partial charge in [-0.2, -0.15) is 5.10 Å². The Morgan fingerprint density at radius 3 is 2.61 bits per heavy atom. The number of thiocarbonyl (C=S) groups is 1. The van der Waals surface area contributed by atoms with Crippen molar-refractivity contribution < 1.29 is 9.53 Å². The third-order valence-corrected chi connectivity index (χ3v) is 4.35. The maximum absolute atomic E-state index is 12.2. The first-order valence-corrected chi connectivity index (χ1v) is 9.58. The summed E-state index contributed by atoms with van der Waals surface area (Å²) in [6.45, 7) is 9.95. The number of methoxy groups -OCH3 is 1. The van der Waals surface area contributed by atoms with Crippen molar-refractivity contribution in [2.24, 2.45) is 0 Å². The van der Waals surface area contributed by atoms with Gasteiger partial charge in [0.25, 0.3) is 0 Å². The Hall–Kier alpha value is -2.61. The Bertz CT molecular complexity index is 855. The Morgan fingerprint density at radius 1 is 1.25 bits per heavy atom. The summed E-state index contributed by atoms with van der Waals surface area (Å²) in [6.07, 6.45) is 0.922. The molecule has 0 unspecified atom stereocenters. The van der Waals surface area contributed by atoms with Crippen LogP contribution < -0.4 is 20.9 Å². The average Bonchev–Trinajstić information content (AvgIpc) is 2.91. The number of rotatable bonds is 5. The lowest BCUT2D eigenvalue weighted by Gasteiger charge is -2.23. The third kappa shape index (κ3) is 5.95. The van der Waals surface area contributed by atoms with Crippen LogP contribution in [0.4, 0.5) is 0 Å². The maximum Gasteiger partial charge on any atom is 0.238 e. The summed E-state index contributed by atoms with van der Waals surface area (Å²) >= 11 is 5.16. The average molecular weight is 404 g/mol. The number of hydrogen-bond donors (Lipinski definition) is 3. The molecule has 0 aliphatic heterocycles. The molecule has 152 valence electrons. The van der Waals surface area contributed by atoms with Crippen molar-refractivity contribution >= 4 is 23.2 Å². The molecular formula is C20H29N5O2S. The number of carbonyl (C=O) groups excluding carboxylic acids is 1. The van der Waals surface area contributed by atoms with Crippen LogP contribution >= 0.6 is 12.2 Å². The molecule has 0 saturated carbocycles. The highest BCUT2D eigenvalue weighted by atomic mass is 32.1. The summed E-state index contributed by atoms with van der Waals surface area (Å²) in [5.74, 6) is 0.642. The van der Waals surface area contributed by atoms with Crippen molar-refractivity contribution in [3.63, 3.8) is 0 Å². The first-order valence-electron chi connectivity index (χ1n) is 9.17. The molecule has 3 N–H and O–H groups in total. The number of aromatic nitrogens is 2. The van der Waals surface area contributed by atoms with Crippen LogP contribution in [-0.2, 0) is 11.2 Å². The molecule has 0 aliphatic carbocycles. The number of nitrogens with one attached hydrogen (secondary N) is 3. The van der Waals surface area contributed by atoms with Crippen LogP contribution in [0.3, 0.4) is 0 Å². The van der Waals surface area contributed by atoms with E-state index in [0.717, 1.165) is 28.4 Å². The summed E-state index contributed by atoms with van der Waals surface area (Å²) in [4.78, 5) is 12.2. The van der Waals surface area contributed by atoms with Gasteiger partial charge in [0.15, 0.2) is 5.11 Å². The molecule has 28 heavy (non-hydrogen) atoms. The molecular weight excluding hydrogens is 374 g/mol. The van der Waals surface area contributed by atoms with Crippen molar-refractivity contribution in [2.45, 2.75) is 53.0 Å². The number of nitrogens with zero attached hydrogens (tertiary/aromatic N) is 2. The van der Waals surface area contributed by atoms with Gasteiger partial charge in [0, 0.05) is 23.7 Å². The molecule has 8 heteroatoms. The van der Waals surface area contributed by atoms with E-state index in [2.05, 4.69) is 21.3 Å². The number of benzene rings is 1. The SMILES string of the molecule is COc1cccc(-n2nc(C)c(CCC(=O)NNC(=S)NC(C)(C)C)c2C)c1. The minimum absolute atomic E-state index is 0.133. The van der Waals surface area contributed by atoms with Gasteiger partial charge in [-0.3, -0.25) is 15.6 Å². The predicted octanol–water partition coefficient (Wildman–Crippen LogP) is 2.72. The second kappa shape index (κ2) is 9.05. The summed E-state index contributed by atoms with van der Waals surface area (Å²) in [6, 6.07) is 7.73. The van der Waals surface area contributed by atoms with Crippen LogP contribution in [0, 0.1) is 13.8 Å². The zero-order chi connectivity index (χ0) is 20.9. The summed E-state index contributed by atoms with van der Waals surface area (Å²) in [5, 5.41) is 8.10. The van der Waals surface area contributed by atoms with Gasteiger partial charge in [0.2, 0.25) is 5.91 Å². The molecule has 0 bridgehead atoms. The topological polar surface area (TPSA) is 80.2 Å². The first-order chi connectivity index (χ1) is 13.1. The monoisotopic (exact) mass is 403 g/mol. The predicted molar refractivity (Wildman–Crippen MR) is 115 cm³/mol. The van der Waals surface area contributed by atoms with Gasteiger partial charge in [-0.25, -0.2) is 4.68 Å². The number of carbonyl (C=O) groups is 1. The molecule has 1 aromatic carbocycles.